The molecular weight excluding hydrogens is 511 g/mol. The minimum absolute atomic E-state index is 0.299. The molecule has 1 aliphatic heterocycles. The van der Waals surface area contributed by atoms with Crippen LogP contribution >= 0.6 is 0 Å². The van der Waals surface area contributed by atoms with Crippen molar-refractivity contribution in [1.82, 2.24) is 4.98 Å². The quantitative estimate of drug-likeness (QED) is 0.304. The van der Waals surface area contributed by atoms with Gasteiger partial charge in [0.05, 0.1) is 16.8 Å². The number of amides is 1. The Morgan fingerprint density at radius 2 is 1.77 bits per heavy atom. The van der Waals surface area contributed by atoms with Gasteiger partial charge in [0.1, 0.15) is 19.0 Å². The van der Waals surface area contributed by atoms with Crippen LogP contribution in [0.15, 0.2) is 66.7 Å². The number of ether oxygens (including phenoxy) is 3. The average Bonchev–Trinajstić information content (AvgIpc) is 2.97. The maximum absolute atomic E-state index is 13.7. The number of nitrogens with zero attached hydrogens (tertiary/aromatic N) is 1. The summed E-state index contributed by atoms with van der Waals surface area (Å²) in [6.45, 7) is 2.45. The zero-order chi connectivity index (χ0) is 27.6. The number of hydrogen-bond donors (Lipinski definition) is 1. The number of aromatic nitrogens is 1. The van der Waals surface area contributed by atoms with Crippen LogP contribution in [0.3, 0.4) is 0 Å². The largest absolute Gasteiger partial charge is 0.486 e. The van der Waals surface area contributed by atoms with Crippen LogP contribution in [-0.4, -0.2) is 36.2 Å². The number of hydrogen-bond acceptors (Lipinski definition) is 6. The van der Waals surface area contributed by atoms with Gasteiger partial charge in [0.2, 0.25) is 0 Å². The Hall–Kier alpha value is -4.72. The van der Waals surface area contributed by atoms with Crippen LogP contribution in [0.1, 0.15) is 46.9 Å². The van der Waals surface area contributed by atoms with Gasteiger partial charge >= 0.3 is 5.97 Å². The van der Waals surface area contributed by atoms with Gasteiger partial charge in [-0.25, -0.2) is 14.2 Å². The standard InChI is InChI=1S/C32H27FN2O5/c1-19(31(36)34-23-13-14-27-28(18-23)39-16-15-38-27)40-32(37)29-24-6-2-3-8-26(24)35-30-21(5-4-7-25(29)30)17-20-9-11-22(33)12-10-20/h2-3,6,8-14,17-19H,4-5,7,15-16H2,1H3,(H,34,36)/b21-17+/t19-/m1/s1. The number of rotatable bonds is 5. The molecule has 202 valence electrons. The highest BCUT2D eigenvalue weighted by atomic mass is 19.1. The lowest BCUT2D eigenvalue weighted by atomic mass is 9.86. The second kappa shape index (κ2) is 10.8. The summed E-state index contributed by atoms with van der Waals surface area (Å²) in [7, 11) is 0. The van der Waals surface area contributed by atoms with Crippen molar-refractivity contribution in [2.45, 2.75) is 32.3 Å². The molecule has 0 bridgehead atoms. The van der Waals surface area contributed by atoms with Crippen LogP contribution in [0.25, 0.3) is 22.6 Å². The molecule has 4 aromatic rings. The zero-order valence-electron chi connectivity index (χ0n) is 21.9. The number of halogens is 1. The predicted octanol–water partition coefficient (Wildman–Crippen LogP) is 6.21. The zero-order valence-corrected chi connectivity index (χ0v) is 21.9. The van der Waals surface area contributed by atoms with E-state index in [1.54, 1.807) is 37.3 Å². The van der Waals surface area contributed by atoms with Crippen LogP contribution in [0, 0.1) is 5.82 Å². The molecule has 0 fully saturated rings. The highest BCUT2D eigenvalue weighted by Crippen LogP contribution is 2.37. The molecule has 40 heavy (non-hydrogen) atoms. The highest BCUT2D eigenvalue weighted by Gasteiger charge is 2.28. The van der Waals surface area contributed by atoms with E-state index in [0.29, 0.717) is 53.3 Å². The van der Waals surface area contributed by atoms with Crippen molar-refractivity contribution in [1.29, 1.82) is 0 Å². The van der Waals surface area contributed by atoms with E-state index in [1.165, 1.54) is 12.1 Å². The Bertz CT molecular complexity index is 1650. The number of nitrogens with one attached hydrogen (secondary N) is 1. The Morgan fingerprint density at radius 3 is 2.60 bits per heavy atom. The summed E-state index contributed by atoms with van der Waals surface area (Å²) in [6, 6.07) is 18.8. The number of carbonyl (C=O) groups is 2. The number of fused-ring (bicyclic) bond motifs is 3. The van der Waals surface area contributed by atoms with E-state index in [-0.39, 0.29) is 5.82 Å². The van der Waals surface area contributed by atoms with E-state index in [1.807, 2.05) is 30.3 Å². The number of allylic oxidation sites excluding steroid dienone is 1. The average molecular weight is 539 g/mol. The smallest absolute Gasteiger partial charge is 0.339 e. The van der Waals surface area contributed by atoms with Crippen molar-refractivity contribution in [2.75, 3.05) is 18.5 Å². The summed E-state index contributed by atoms with van der Waals surface area (Å²) in [4.78, 5) is 31.5. The Morgan fingerprint density at radius 1 is 1.00 bits per heavy atom. The molecule has 0 unspecified atom stereocenters. The molecule has 0 spiro atoms. The Labute approximate surface area is 230 Å². The van der Waals surface area contributed by atoms with Gasteiger partial charge < -0.3 is 19.5 Å². The van der Waals surface area contributed by atoms with E-state index >= 15 is 0 Å². The number of anilines is 1. The van der Waals surface area contributed by atoms with E-state index in [4.69, 9.17) is 19.2 Å². The van der Waals surface area contributed by atoms with Gasteiger partial charge in [-0.15, -0.1) is 0 Å². The molecule has 2 heterocycles. The highest BCUT2D eigenvalue weighted by molar-refractivity contribution is 6.07. The number of para-hydroxylation sites is 1. The lowest BCUT2D eigenvalue weighted by molar-refractivity contribution is -0.123. The van der Waals surface area contributed by atoms with Crippen LogP contribution < -0.4 is 14.8 Å². The lowest BCUT2D eigenvalue weighted by Crippen LogP contribution is -2.30. The predicted molar refractivity (Wildman–Crippen MR) is 150 cm³/mol. The summed E-state index contributed by atoms with van der Waals surface area (Å²) >= 11 is 0. The second-order valence-corrected chi connectivity index (χ2v) is 9.80. The van der Waals surface area contributed by atoms with Crippen molar-refractivity contribution in [3.8, 4) is 11.5 Å². The minimum Gasteiger partial charge on any atom is -0.486 e. The molecule has 7 nitrogen and oxygen atoms in total. The van der Waals surface area contributed by atoms with Crippen LogP contribution in [0.5, 0.6) is 11.5 Å². The third kappa shape index (κ3) is 5.12. The number of esters is 1. The summed E-state index contributed by atoms with van der Waals surface area (Å²) in [5, 5.41) is 3.46. The molecule has 8 heteroatoms. The maximum atomic E-state index is 13.7. The molecule has 3 aromatic carbocycles. The first-order valence-electron chi connectivity index (χ1n) is 13.3. The molecule has 0 saturated carbocycles. The van der Waals surface area contributed by atoms with Crippen molar-refractivity contribution >= 4 is 40.1 Å². The number of pyridine rings is 1. The third-order valence-electron chi connectivity index (χ3n) is 7.05. The Kier molecular flexibility index (Phi) is 6.90. The van der Waals surface area contributed by atoms with Crippen LogP contribution in [-0.2, 0) is 16.0 Å². The number of carbonyl (C=O) groups excluding carboxylic acids is 2. The molecule has 1 atom stereocenters. The van der Waals surface area contributed by atoms with E-state index in [9.17, 15) is 14.0 Å². The molecule has 1 amide bonds. The van der Waals surface area contributed by atoms with Gasteiger partial charge in [-0.1, -0.05) is 30.3 Å². The lowest BCUT2D eigenvalue weighted by Gasteiger charge is -2.23. The molecule has 1 N–H and O–H groups in total. The van der Waals surface area contributed by atoms with Gasteiger partial charge in [0.25, 0.3) is 5.91 Å². The summed E-state index contributed by atoms with van der Waals surface area (Å²) in [6.07, 6.45) is 3.17. The molecule has 2 aliphatic rings. The van der Waals surface area contributed by atoms with E-state index in [0.717, 1.165) is 35.2 Å². The summed E-state index contributed by atoms with van der Waals surface area (Å²) < 4.78 is 30.3. The third-order valence-corrected chi connectivity index (χ3v) is 7.05. The summed E-state index contributed by atoms with van der Waals surface area (Å²) in [5.41, 5.74) is 4.94. The maximum Gasteiger partial charge on any atom is 0.339 e. The van der Waals surface area contributed by atoms with Gasteiger partial charge in [0.15, 0.2) is 17.6 Å². The first-order chi connectivity index (χ1) is 19.5. The first-order valence-corrected chi connectivity index (χ1v) is 13.3. The van der Waals surface area contributed by atoms with E-state index in [2.05, 4.69) is 5.32 Å². The fraction of sp³-hybridized carbons (Fsp3) is 0.219. The van der Waals surface area contributed by atoms with Crippen molar-refractivity contribution < 1.29 is 28.2 Å². The molecule has 6 rings (SSSR count). The molecular formula is C32H27FN2O5. The summed E-state index contributed by atoms with van der Waals surface area (Å²) in [5.74, 6) is -0.177. The topological polar surface area (TPSA) is 86.8 Å². The van der Waals surface area contributed by atoms with Crippen molar-refractivity contribution in [3.63, 3.8) is 0 Å². The van der Waals surface area contributed by atoms with Gasteiger partial charge in [0, 0.05) is 17.1 Å². The second-order valence-electron chi connectivity index (χ2n) is 9.80. The van der Waals surface area contributed by atoms with Gasteiger partial charge in [-0.2, -0.15) is 0 Å². The van der Waals surface area contributed by atoms with Crippen LogP contribution in [0.4, 0.5) is 10.1 Å². The first kappa shape index (κ1) is 25.6. The normalized spacial score (nSPS) is 15.8. The molecule has 1 aromatic heterocycles. The SMILES string of the molecule is C[C@@H](OC(=O)c1c2c(nc3ccccc13)/C(=C/c1ccc(F)cc1)CCC2)C(=O)Nc1ccc2c(c1)OCCO2. The van der Waals surface area contributed by atoms with Gasteiger partial charge in [-0.3, -0.25) is 4.79 Å². The fourth-order valence-corrected chi connectivity index (χ4v) is 5.11. The van der Waals surface area contributed by atoms with Crippen LogP contribution in [0.2, 0.25) is 0 Å². The van der Waals surface area contributed by atoms with Crippen molar-refractivity contribution in [2.24, 2.45) is 0 Å². The van der Waals surface area contributed by atoms with Gasteiger partial charge in [-0.05, 0) is 79.3 Å². The molecule has 1 aliphatic carbocycles. The fourth-order valence-electron chi connectivity index (χ4n) is 5.11. The monoisotopic (exact) mass is 538 g/mol. The molecule has 0 saturated heterocycles. The molecule has 0 radical (unpaired) electrons. The Balaban J connectivity index is 1.29. The van der Waals surface area contributed by atoms with E-state index < -0.39 is 18.0 Å². The number of benzene rings is 3. The minimum atomic E-state index is -1.05. The van der Waals surface area contributed by atoms with Crippen molar-refractivity contribution in [3.05, 3.63) is 94.9 Å².